The number of fused-ring (bicyclic) bond motifs is 1. The Kier molecular flexibility index (Phi) is 6.28. The van der Waals surface area contributed by atoms with Crippen LogP contribution in [0.5, 0.6) is 0 Å². The van der Waals surface area contributed by atoms with Crippen LogP contribution in [0, 0.1) is 11.3 Å². The zero-order valence-electron chi connectivity index (χ0n) is 20.6. The van der Waals surface area contributed by atoms with Crippen LogP contribution >= 0.6 is 0 Å². The van der Waals surface area contributed by atoms with Gasteiger partial charge in [0, 0.05) is 36.8 Å². The van der Waals surface area contributed by atoms with Crippen LogP contribution < -0.4 is 10.2 Å². The molecular weight excluding hydrogens is 481 g/mol. The molecule has 37 heavy (non-hydrogen) atoms. The van der Waals surface area contributed by atoms with E-state index in [0.29, 0.717) is 17.1 Å². The molecule has 0 spiro atoms. The molecule has 1 saturated carbocycles. The molecule has 10 heteroatoms. The number of amides is 1. The van der Waals surface area contributed by atoms with E-state index in [1.54, 1.807) is 42.2 Å². The standard InChI is InChI=1S/C27H27F3N6O/c1-26(8-4-9-26)32-14-17-11-21-22(23(12-17)27(28,29)30)15-36(25(21)37)19-6-3-5-18(13-19)20(7-10-31)24-34-33-16-35(24)2/h3,5-6,11-13,16,20,32H,4,7-9,14-15H2,1-2H3/t20-/m0/s1. The topological polar surface area (TPSA) is 86.8 Å². The van der Waals surface area contributed by atoms with Gasteiger partial charge in [0.25, 0.3) is 5.91 Å². The molecule has 0 bridgehead atoms. The Balaban J connectivity index is 1.48. The van der Waals surface area contributed by atoms with Gasteiger partial charge in [-0.3, -0.25) is 4.79 Å². The SMILES string of the molecule is Cn1cnnc1[C@@H](CC#N)c1cccc(N2Cc3c(cc(CNC4(C)CCC4)cc3C(F)(F)F)C2=O)c1. The quantitative estimate of drug-likeness (QED) is 0.482. The van der Waals surface area contributed by atoms with Crippen molar-refractivity contribution in [2.45, 2.75) is 63.3 Å². The van der Waals surface area contributed by atoms with E-state index in [0.717, 1.165) is 30.9 Å². The van der Waals surface area contributed by atoms with Crippen molar-refractivity contribution in [3.63, 3.8) is 0 Å². The van der Waals surface area contributed by atoms with Gasteiger partial charge in [0.2, 0.25) is 0 Å². The molecule has 1 aliphatic carbocycles. The molecule has 1 fully saturated rings. The fraction of sp³-hybridized carbons (Fsp3) is 0.407. The summed E-state index contributed by atoms with van der Waals surface area (Å²) in [5, 5.41) is 20.8. The van der Waals surface area contributed by atoms with Crippen molar-refractivity contribution in [1.29, 1.82) is 5.26 Å². The number of rotatable bonds is 7. The highest BCUT2D eigenvalue weighted by molar-refractivity contribution is 6.10. The number of nitriles is 1. The van der Waals surface area contributed by atoms with Crippen LogP contribution in [0.25, 0.3) is 0 Å². The van der Waals surface area contributed by atoms with E-state index >= 15 is 0 Å². The molecule has 3 aromatic rings. The average Bonchev–Trinajstić information content (AvgIpc) is 3.42. The highest BCUT2D eigenvalue weighted by atomic mass is 19.4. The minimum Gasteiger partial charge on any atom is -0.320 e. The summed E-state index contributed by atoms with van der Waals surface area (Å²) in [4.78, 5) is 14.8. The number of hydrogen-bond acceptors (Lipinski definition) is 5. The minimum atomic E-state index is -4.58. The largest absolute Gasteiger partial charge is 0.416 e. The summed E-state index contributed by atoms with van der Waals surface area (Å²) < 4.78 is 44.0. The smallest absolute Gasteiger partial charge is 0.320 e. The van der Waals surface area contributed by atoms with Gasteiger partial charge in [-0.1, -0.05) is 12.1 Å². The Labute approximate surface area is 212 Å². The van der Waals surface area contributed by atoms with Gasteiger partial charge in [-0.15, -0.1) is 10.2 Å². The maximum atomic E-state index is 14.1. The average molecular weight is 509 g/mol. The predicted molar refractivity (Wildman–Crippen MR) is 131 cm³/mol. The third-order valence-electron chi connectivity index (χ3n) is 7.52. The van der Waals surface area contributed by atoms with Gasteiger partial charge in [0.1, 0.15) is 12.2 Å². The molecule has 2 heterocycles. The van der Waals surface area contributed by atoms with E-state index in [2.05, 4.69) is 28.5 Å². The zero-order valence-corrected chi connectivity index (χ0v) is 20.6. The molecular formula is C27H27F3N6O. The highest BCUT2D eigenvalue weighted by Crippen LogP contribution is 2.40. The number of benzene rings is 2. The van der Waals surface area contributed by atoms with E-state index in [-0.39, 0.29) is 36.2 Å². The number of hydrogen-bond donors (Lipinski definition) is 1. The van der Waals surface area contributed by atoms with Gasteiger partial charge in [-0.25, -0.2) is 0 Å². The van der Waals surface area contributed by atoms with Crippen molar-refractivity contribution in [3.8, 4) is 6.07 Å². The van der Waals surface area contributed by atoms with Crippen LogP contribution in [0.15, 0.2) is 42.7 Å². The van der Waals surface area contributed by atoms with Gasteiger partial charge in [0.05, 0.1) is 24.1 Å². The fourth-order valence-corrected chi connectivity index (χ4v) is 5.20. The van der Waals surface area contributed by atoms with Crippen LogP contribution in [-0.4, -0.2) is 26.2 Å². The van der Waals surface area contributed by atoms with Gasteiger partial charge in [0.15, 0.2) is 0 Å². The molecule has 0 radical (unpaired) electrons. The summed E-state index contributed by atoms with van der Waals surface area (Å²) in [6.45, 7) is 2.16. The number of halogens is 3. The predicted octanol–water partition coefficient (Wildman–Crippen LogP) is 5.07. The molecule has 1 amide bonds. The minimum absolute atomic E-state index is 0.0108. The summed E-state index contributed by atoms with van der Waals surface area (Å²) >= 11 is 0. The second-order valence-electron chi connectivity index (χ2n) is 10.1. The third kappa shape index (κ3) is 4.71. The first-order chi connectivity index (χ1) is 17.6. The second kappa shape index (κ2) is 9.30. The van der Waals surface area contributed by atoms with Crippen molar-refractivity contribution in [1.82, 2.24) is 20.1 Å². The molecule has 2 aliphatic rings. The monoisotopic (exact) mass is 508 g/mol. The molecule has 1 aliphatic heterocycles. The first-order valence-corrected chi connectivity index (χ1v) is 12.2. The Morgan fingerprint density at radius 2 is 2.03 bits per heavy atom. The number of aromatic nitrogens is 3. The van der Waals surface area contributed by atoms with Crippen LogP contribution in [-0.2, 0) is 26.3 Å². The maximum Gasteiger partial charge on any atom is 0.416 e. The van der Waals surface area contributed by atoms with Crippen molar-refractivity contribution in [2.75, 3.05) is 4.90 Å². The van der Waals surface area contributed by atoms with E-state index in [9.17, 15) is 23.2 Å². The van der Waals surface area contributed by atoms with Crippen molar-refractivity contribution in [2.24, 2.45) is 7.05 Å². The summed E-state index contributed by atoms with van der Waals surface area (Å²) in [5.41, 5.74) is 0.873. The second-order valence-corrected chi connectivity index (χ2v) is 10.1. The van der Waals surface area contributed by atoms with Crippen molar-refractivity contribution >= 4 is 11.6 Å². The Morgan fingerprint density at radius 1 is 1.24 bits per heavy atom. The first-order valence-electron chi connectivity index (χ1n) is 12.2. The number of carbonyl (C=O) groups excluding carboxylic acids is 1. The number of alkyl halides is 3. The molecule has 1 aromatic heterocycles. The summed E-state index contributed by atoms with van der Waals surface area (Å²) in [6, 6.07) is 11.9. The van der Waals surface area contributed by atoms with Crippen LogP contribution in [0.3, 0.4) is 0 Å². The summed E-state index contributed by atoms with van der Waals surface area (Å²) in [5.74, 6) is -0.273. The number of nitrogens with zero attached hydrogens (tertiary/aromatic N) is 5. The highest BCUT2D eigenvalue weighted by Gasteiger charge is 2.41. The van der Waals surface area contributed by atoms with Crippen molar-refractivity contribution in [3.05, 3.63) is 76.4 Å². The van der Waals surface area contributed by atoms with Crippen molar-refractivity contribution < 1.29 is 18.0 Å². The lowest BCUT2D eigenvalue weighted by Crippen LogP contribution is -2.47. The van der Waals surface area contributed by atoms with Gasteiger partial charge in [-0.05, 0) is 67.1 Å². The lowest BCUT2D eigenvalue weighted by molar-refractivity contribution is -0.138. The van der Waals surface area contributed by atoms with E-state index in [1.807, 2.05) is 6.07 Å². The van der Waals surface area contributed by atoms with E-state index in [1.165, 1.54) is 4.90 Å². The summed E-state index contributed by atoms with van der Waals surface area (Å²) in [7, 11) is 1.78. The fourth-order valence-electron chi connectivity index (χ4n) is 5.20. The third-order valence-corrected chi connectivity index (χ3v) is 7.52. The normalized spacial score (nSPS) is 17.3. The number of nitrogens with one attached hydrogen (secondary N) is 1. The molecule has 7 nitrogen and oxygen atoms in total. The number of aryl methyl sites for hydroxylation is 1. The molecule has 5 rings (SSSR count). The molecule has 1 N–H and O–H groups in total. The molecule has 2 aromatic carbocycles. The lowest BCUT2D eigenvalue weighted by atomic mass is 9.78. The Bertz CT molecular complexity index is 1390. The van der Waals surface area contributed by atoms with E-state index < -0.39 is 23.6 Å². The van der Waals surface area contributed by atoms with Crippen LogP contribution in [0.1, 0.15) is 77.0 Å². The van der Waals surface area contributed by atoms with Crippen LogP contribution in [0.2, 0.25) is 0 Å². The van der Waals surface area contributed by atoms with E-state index in [4.69, 9.17) is 0 Å². The van der Waals surface area contributed by atoms with Crippen LogP contribution in [0.4, 0.5) is 18.9 Å². The number of anilines is 1. The van der Waals surface area contributed by atoms with Gasteiger partial charge < -0.3 is 14.8 Å². The van der Waals surface area contributed by atoms with Gasteiger partial charge >= 0.3 is 6.18 Å². The Hall–Kier alpha value is -3.71. The zero-order chi connectivity index (χ0) is 26.4. The molecule has 0 saturated heterocycles. The molecule has 1 atom stereocenters. The number of carbonyl (C=O) groups is 1. The molecule has 0 unspecified atom stereocenters. The molecule has 192 valence electrons. The summed E-state index contributed by atoms with van der Waals surface area (Å²) in [6.07, 6.45) is 0.155. The first kappa shape index (κ1) is 25.0. The van der Waals surface area contributed by atoms with Gasteiger partial charge in [-0.2, -0.15) is 18.4 Å². The lowest BCUT2D eigenvalue weighted by Gasteiger charge is -2.39. The maximum absolute atomic E-state index is 14.1. The Morgan fingerprint density at radius 3 is 2.65 bits per heavy atom.